The lowest BCUT2D eigenvalue weighted by atomic mass is 9.95. The van der Waals surface area contributed by atoms with Crippen LogP contribution in [0.3, 0.4) is 0 Å². The molecule has 1 aromatic carbocycles. The number of methoxy groups -OCH3 is 2. The van der Waals surface area contributed by atoms with Gasteiger partial charge in [0, 0.05) is 45.2 Å². The molecular formula is C20H25ClN4O5. The SMILES string of the molecule is COc1cc(OC)c(NC(=O)C2CCN(c3cc(=O)n(C)c(=O)n3C)CC2)cc1Cl. The van der Waals surface area contributed by atoms with Crippen molar-refractivity contribution in [1.82, 2.24) is 9.13 Å². The highest BCUT2D eigenvalue weighted by Crippen LogP contribution is 2.36. The van der Waals surface area contributed by atoms with E-state index in [0.717, 1.165) is 4.57 Å². The Hall–Kier alpha value is -2.94. The van der Waals surface area contributed by atoms with E-state index < -0.39 is 0 Å². The van der Waals surface area contributed by atoms with E-state index in [1.165, 1.54) is 31.9 Å². The molecule has 2 heterocycles. The number of rotatable bonds is 5. The number of carbonyl (C=O) groups is 1. The molecule has 162 valence electrons. The lowest BCUT2D eigenvalue weighted by molar-refractivity contribution is -0.120. The summed E-state index contributed by atoms with van der Waals surface area (Å²) in [5.41, 5.74) is -0.248. The van der Waals surface area contributed by atoms with Gasteiger partial charge in [-0.25, -0.2) is 4.79 Å². The van der Waals surface area contributed by atoms with Crippen LogP contribution in [0.2, 0.25) is 5.02 Å². The van der Waals surface area contributed by atoms with Crippen LogP contribution in [0.25, 0.3) is 0 Å². The van der Waals surface area contributed by atoms with E-state index in [2.05, 4.69) is 5.32 Å². The van der Waals surface area contributed by atoms with Gasteiger partial charge in [-0.3, -0.25) is 18.7 Å². The molecular weight excluding hydrogens is 412 g/mol. The highest BCUT2D eigenvalue weighted by Gasteiger charge is 2.27. The van der Waals surface area contributed by atoms with Crippen LogP contribution in [-0.2, 0) is 18.9 Å². The number of hydrogen-bond acceptors (Lipinski definition) is 6. The molecule has 1 aliphatic rings. The summed E-state index contributed by atoms with van der Waals surface area (Å²) in [4.78, 5) is 38.9. The summed E-state index contributed by atoms with van der Waals surface area (Å²) < 4.78 is 13.0. The van der Waals surface area contributed by atoms with Gasteiger partial charge in [0.05, 0.1) is 24.9 Å². The molecule has 0 bridgehead atoms. The van der Waals surface area contributed by atoms with Crippen LogP contribution in [0.1, 0.15) is 12.8 Å². The molecule has 10 heteroatoms. The second kappa shape index (κ2) is 8.83. The molecule has 0 atom stereocenters. The van der Waals surface area contributed by atoms with Crippen LogP contribution in [0.5, 0.6) is 11.5 Å². The average molecular weight is 437 g/mol. The Morgan fingerprint density at radius 1 is 1.03 bits per heavy atom. The van der Waals surface area contributed by atoms with Gasteiger partial charge in [0.1, 0.15) is 17.3 Å². The Balaban J connectivity index is 1.70. The predicted octanol–water partition coefficient (Wildman–Crippen LogP) is 1.61. The first kappa shape index (κ1) is 21.8. The molecule has 30 heavy (non-hydrogen) atoms. The summed E-state index contributed by atoms with van der Waals surface area (Å²) in [6.45, 7) is 1.11. The molecule has 9 nitrogen and oxygen atoms in total. The van der Waals surface area contributed by atoms with Crippen molar-refractivity contribution in [2.24, 2.45) is 20.0 Å². The fraction of sp³-hybridized carbons (Fsp3) is 0.450. The fourth-order valence-electron chi connectivity index (χ4n) is 3.59. The van der Waals surface area contributed by atoms with E-state index in [0.29, 0.717) is 54.0 Å². The summed E-state index contributed by atoms with van der Waals surface area (Å²) in [5.74, 6) is 1.13. The molecule has 2 aromatic rings. The van der Waals surface area contributed by atoms with Crippen LogP contribution in [0, 0.1) is 5.92 Å². The fourth-order valence-corrected chi connectivity index (χ4v) is 3.83. The molecule has 0 aliphatic carbocycles. The Labute approximate surface area is 178 Å². The number of carbonyl (C=O) groups excluding carboxylic acids is 1. The van der Waals surface area contributed by atoms with E-state index in [1.54, 1.807) is 19.2 Å². The second-order valence-electron chi connectivity index (χ2n) is 7.18. The number of anilines is 2. The van der Waals surface area contributed by atoms with Crippen LogP contribution in [-0.4, -0.2) is 42.4 Å². The third-order valence-corrected chi connectivity index (χ3v) is 5.72. The first-order chi connectivity index (χ1) is 14.3. The number of ether oxygens (including phenoxy) is 2. The maximum absolute atomic E-state index is 12.8. The van der Waals surface area contributed by atoms with Crippen molar-refractivity contribution in [1.29, 1.82) is 0 Å². The van der Waals surface area contributed by atoms with Gasteiger partial charge >= 0.3 is 5.69 Å². The van der Waals surface area contributed by atoms with Crippen LogP contribution in [0.15, 0.2) is 27.8 Å². The van der Waals surface area contributed by atoms with Gasteiger partial charge < -0.3 is 19.7 Å². The maximum Gasteiger partial charge on any atom is 0.332 e. The summed E-state index contributed by atoms with van der Waals surface area (Å²) in [5, 5.41) is 3.25. The van der Waals surface area contributed by atoms with E-state index in [9.17, 15) is 14.4 Å². The van der Waals surface area contributed by atoms with E-state index >= 15 is 0 Å². The van der Waals surface area contributed by atoms with E-state index in [4.69, 9.17) is 21.1 Å². The minimum Gasteiger partial charge on any atom is -0.495 e. The van der Waals surface area contributed by atoms with Crippen molar-refractivity contribution >= 4 is 29.0 Å². The first-order valence-electron chi connectivity index (χ1n) is 9.51. The number of halogens is 1. The van der Waals surface area contributed by atoms with Crippen LogP contribution >= 0.6 is 11.6 Å². The molecule has 1 aromatic heterocycles. The number of hydrogen-bond donors (Lipinski definition) is 1. The Bertz CT molecular complexity index is 1070. The van der Waals surface area contributed by atoms with Crippen molar-refractivity contribution in [3.05, 3.63) is 44.1 Å². The summed E-state index contributed by atoms with van der Waals surface area (Å²) in [6.07, 6.45) is 1.17. The minimum absolute atomic E-state index is 0.132. The van der Waals surface area contributed by atoms with Gasteiger partial charge in [0.15, 0.2) is 0 Å². The van der Waals surface area contributed by atoms with Crippen molar-refractivity contribution in [2.45, 2.75) is 12.8 Å². The topological polar surface area (TPSA) is 94.8 Å². The Morgan fingerprint density at radius 3 is 2.27 bits per heavy atom. The summed E-state index contributed by atoms with van der Waals surface area (Å²) >= 11 is 6.17. The lowest BCUT2D eigenvalue weighted by Crippen LogP contribution is -2.44. The Kier molecular flexibility index (Phi) is 6.40. The average Bonchev–Trinajstić information content (AvgIpc) is 2.75. The molecule has 1 saturated heterocycles. The third kappa shape index (κ3) is 4.16. The quantitative estimate of drug-likeness (QED) is 0.765. The number of nitrogens with one attached hydrogen (secondary N) is 1. The van der Waals surface area contributed by atoms with Crippen molar-refractivity contribution in [3.63, 3.8) is 0 Å². The first-order valence-corrected chi connectivity index (χ1v) is 9.89. The maximum atomic E-state index is 12.8. The number of amides is 1. The van der Waals surface area contributed by atoms with Crippen molar-refractivity contribution in [3.8, 4) is 11.5 Å². The largest absolute Gasteiger partial charge is 0.495 e. The van der Waals surface area contributed by atoms with Gasteiger partial charge in [-0.15, -0.1) is 0 Å². The number of benzene rings is 1. The van der Waals surface area contributed by atoms with E-state index in [1.807, 2.05) is 4.90 Å². The van der Waals surface area contributed by atoms with Gasteiger partial charge in [-0.1, -0.05) is 11.6 Å². The summed E-state index contributed by atoms with van der Waals surface area (Å²) in [6, 6.07) is 4.67. The highest BCUT2D eigenvalue weighted by atomic mass is 35.5. The van der Waals surface area contributed by atoms with Gasteiger partial charge in [-0.2, -0.15) is 0 Å². The third-order valence-electron chi connectivity index (χ3n) is 5.42. The van der Waals surface area contributed by atoms with E-state index in [-0.39, 0.29) is 23.1 Å². The zero-order valence-corrected chi connectivity index (χ0v) is 18.2. The number of piperidine rings is 1. The molecule has 0 saturated carbocycles. The molecule has 0 unspecified atom stereocenters. The van der Waals surface area contributed by atoms with Gasteiger partial charge in [0.25, 0.3) is 5.56 Å². The normalized spacial score (nSPS) is 14.5. The molecule has 1 amide bonds. The smallest absolute Gasteiger partial charge is 0.332 e. The lowest BCUT2D eigenvalue weighted by Gasteiger charge is -2.33. The zero-order valence-electron chi connectivity index (χ0n) is 17.4. The number of aromatic nitrogens is 2. The number of nitrogens with zero attached hydrogens (tertiary/aromatic N) is 3. The minimum atomic E-state index is -0.374. The standard InChI is InChI=1S/C20H25ClN4O5/c1-23-17(11-18(26)24(2)20(23)28)25-7-5-12(6-8-25)19(27)22-14-9-13(21)15(29-3)10-16(14)30-4/h9-12H,5-8H2,1-4H3,(H,22,27). The Morgan fingerprint density at radius 2 is 1.67 bits per heavy atom. The molecule has 0 spiro atoms. The highest BCUT2D eigenvalue weighted by molar-refractivity contribution is 6.32. The monoisotopic (exact) mass is 436 g/mol. The zero-order chi connectivity index (χ0) is 22.0. The van der Waals surface area contributed by atoms with Crippen molar-refractivity contribution < 1.29 is 14.3 Å². The molecule has 0 radical (unpaired) electrons. The summed E-state index contributed by atoms with van der Waals surface area (Å²) in [7, 11) is 6.09. The molecule has 1 N–H and O–H groups in total. The molecule has 1 aliphatic heterocycles. The van der Waals surface area contributed by atoms with Crippen LogP contribution < -0.4 is 30.9 Å². The predicted molar refractivity (Wildman–Crippen MR) is 115 cm³/mol. The van der Waals surface area contributed by atoms with Gasteiger partial charge in [-0.05, 0) is 18.9 Å². The van der Waals surface area contributed by atoms with Crippen LogP contribution in [0.4, 0.5) is 11.5 Å². The van der Waals surface area contributed by atoms with Gasteiger partial charge in [0.2, 0.25) is 5.91 Å². The molecule has 3 rings (SSSR count). The second-order valence-corrected chi connectivity index (χ2v) is 7.59. The van der Waals surface area contributed by atoms with Crippen molar-refractivity contribution in [2.75, 3.05) is 37.5 Å². The molecule has 1 fully saturated rings.